The smallest absolute Gasteiger partial charge is 0.125 e. The van der Waals surface area contributed by atoms with E-state index in [2.05, 4.69) is 27.4 Å². The van der Waals surface area contributed by atoms with Crippen LogP contribution in [0.1, 0.15) is 18.3 Å². The predicted molar refractivity (Wildman–Crippen MR) is 67.7 cm³/mol. The van der Waals surface area contributed by atoms with Crippen molar-refractivity contribution in [2.75, 3.05) is 11.9 Å². The summed E-state index contributed by atoms with van der Waals surface area (Å²) in [7, 11) is 0. The van der Waals surface area contributed by atoms with Gasteiger partial charge in [0.05, 0.1) is 13.2 Å². The molecule has 1 aromatic carbocycles. The average molecular weight is 231 g/mol. The fourth-order valence-corrected chi connectivity index (χ4v) is 1.60. The molecule has 2 aromatic rings. The highest BCUT2D eigenvalue weighted by molar-refractivity contribution is 5.50. The highest BCUT2D eigenvalue weighted by Crippen LogP contribution is 2.16. The highest BCUT2D eigenvalue weighted by Gasteiger charge is 2.01. The van der Waals surface area contributed by atoms with Crippen molar-refractivity contribution in [1.29, 1.82) is 0 Å². The summed E-state index contributed by atoms with van der Waals surface area (Å²) in [4.78, 5) is 7.24. The molecule has 1 aromatic heterocycles. The number of nitrogens with one attached hydrogen (secondary N) is 2. The second-order valence-corrected chi connectivity index (χ2v) is 3.68. The molecule has 0 saturated heterocycles. The van der Waals surface area contributed by atoms with E-state index in [1.807, 2.05) is 25.3 Å². The minimum Gasteiger partial charge on any atom is -0.378 e. The molecule has 1 heterocycles. The molecule has 0 bridgehead atoms. The summed E-state index contributed by atoms with van der Waals surface area (Å²) in [5, 5.41) is 3.35. The Morgan fingerprint density at radius 2 is 2.24 bits per heavy atom. The van der Waals surface area contributed by atoms with E-state index in [9.17, 15) is 0 Å². The number of imidazole rings is 1. The summed E-state index contributed by atoms with van der Waals surface area (Å²) in [5.41, 5.74) is 2.26. The molecule has 0 aliphatic heterocycles. The van der Waals surface area contributed by atoms with Gasteiger partial charge in [-0.15, -0.1) is 0 Å². The molecule has 0 unspecified atom stereocenters. The van der Waals surface area contributed by atoms with Crippen LogP contribution in [0.3, 0.4) is 0 Å². The minimum absolute atomic E-state index is 0.637. The van der Waals surface area contributed by atoms with Crippen LogP contribution in [0, 0.1) is 0 Å². The van der Waals surface area contributed by atoms with Crippen LogP contribution in [0.2, 0.25) is 0 Å². The molecular formula is C13H17N3O. The van der Waals surface area contributed by atoms with Gasteiger partial charge < -0.3 is 15.0 Å². The molecule has 0 saturated carbocycles. The lowest BCUT2D eigenvalue weighted by Gasteiger charge is -2.10. The predicted octanol–water partition coefficient (Wildman–Crippen LogP) is 2.56. The third-order valence-electron chi connectivity index (χ3n) is 2.48. The first-order valence-electron chi connectivity index (χ1n) is 5.78. The number of ether oxygens (including phenoxy) is 1. The summed E-state index contributed by atoms with van der Waals surface area (Å²) < 4.78 is 5.43. The maximum Gasteiger partial charge on any atom is 0.125 e. The van der Waals surface area contributed by atoms with Crippen molar-refractivity contribution < 1.29 is 4.74 Å². The number of H-pyrrole nitrogens is 1. The first kappa shape index (κ1) is 11.7. The Balaban J connectivity index is 1.99. The van der Waals surface area contributed by atoms with Gasteiger partial charge >= 0.3 is 0 Å². The third kappa shape index (κ3) is 3.32. The van der Waals surface area contributed by atoms with E-state index in [4.69, 9.17) is 4.74 Å². The molecular weight excluding hydrogens is 214 g/mol. The topological polar surface area (TPSA) is 49.9 Å². The molecule has 0 spiro atoms. The van der Waals surface area contributed by atoms with Gasteiger partial charge in [0.25, 0.3) is 0 Å². The first-order chi connectivity index (χ1) is 8.40. The number of hydrogen-bond acceptors (Lipinski definition) is 3. The molecule has 4 nitrogen and oxygen atoms in total. The highest BCUT2D eigenvalue weighted by atomic mass is 16.5. The maximum atomic E-state index is 5.43. The van der Waals surface area contributed by atoms with Crippen molar-refractivity contribution in [1.82, 2.24) is 9.97 Å². The number of aromatic amines is 1. The summed E-state index contributed by atoms with van der Waals surface area (Å²) in [6, 6.07) is 8.16. The third-order valence-corrected chi connectivity index (χ3v) is 2.48. The number of hydrogen-bond donors (Lipinski definition) is 2. The van der Waals surface area contributed by atoms with Crippen molar-refractivity contribution >= 4 is 5.69 Å². The van der Waals surface area contributed by atoms with Crippen molar-refractivity contribution in [3.8, 4) is 0 Å². The van der Waals surface area contributed by atoms with E-state index in [1.54, 1.807) is 6.20 Å². The van der Waals surface area contributed by atoms with Gasteiger partial charge in [0.2, 0.25) is 0 Å². The summed E-state index contributed by atoms with van der Waals surface area (Å²) in [6.07, 6.45) is 3.58. The first-order valence-corrected chi connectivity index (χ1v) is 5.78. The summed E-state index contributed by atoms with van der Waals surface area (Å²) in [5.74, 6) is 0.927. The standard InChI is InChI=1S/C13H17N3O/c1-2-17-10-11-5-3-4-6-12(11)16-9-13-14-7-8-15-13/h3-8,16H,2,9-10H2,1H3,(H,14,15). The zero-order valence-corrected chi connectivity index (χ0v) is 9.94. The second-order valence-electron chi connectivity index (χ2n) is 3.68. The summed E-state index contributed by atoms with van der Waals surface area (Å²) in [6.45, 7) is 4.05. The Morgan fingerprint density at radius 3 is 3.00 bits per heavy atom. The van der Waals surface area contributed by atoms with Gasteiger partial charge in [-0.05, 0) is 13.0 Å². The molecule has 2 N–H and O–H groups in total. The second kappa shape index (κ2) is 6.06. The fraction of sp³-hybridized carbons (Fsp3) is 0.308. The Morgan fingerprint density at radius 1 is 1.35 bits per heavy atom. The van der Waals surface area contributed by atoms with Crippen LogP contribution >= 0.6 is 0 Å². The molecule has 2 rings (SSSR count). The summed E-state index contributed by atoms with van der Waals surface area (Å²) >= 11 is 0. The fourth-order valence-electron chi connectivity index (χ4n) is 1.60. The lowest BCUT2D eigenvalue weighted by molar-refractivity contribution is 0.134. The molecule has 0 aliphatic carbocycles. The van der Waals surface area contributed by atoms with Crippen LogP contribution in [0.5, 0.6) is 0 Å². The van der Waals surface area contributed by atoms with Crippen molar-refractivity contribution in [2.24, 2.45) is 0 Å². The Bertz CT molecular complexity index is 440. The van der Waals surface area contributed by atoms with Gasteiger partial charge in [0, 0.05) is 30.3 Å². The zero-order chi connectivity index (χ0) is 11.9. The number of anilines is 1. The van der Waals surface area contributed by atoms with Gasteiger partial charge in [0.15, 0.2) is 0 Å². The molecule has 90 valence electrons. The average Bonchev–Trinajstić information content (AvgIpc) is 2.88. The largest absolute Gasteiger partial charge is 0.378 e. The monoisotopic (exact) mass is 231 g/mol. The number of nitrogens with zero attached hydrogens (tertiary/aromatic N) is 1. The quantitative estimate of drug-likeness (QED) is 0.803. The zero-order valence-electron chi connectivity index (χ0n) is 9.94. The van der Waals surface area contributed by atoms with Crippen LogP contribution in [-0.4, -0.2) is 16.6 Å². The van der Waals surface area contributed by atoms with E-state index in [-0.39, 0.29) is 0 Å². The number of benzene rings is 1. The van der Waals surface area contributed by atoms with E-state index >= 15 is 0 Å². The van der Waals surface area contributed by atoms with Crippen LogP contribution in [0.15, 0.2) is 36.7 Å². The van der Waals surface area contributed by atoms with Gasteiger partial charge in [-0.25, -0.2) is 4.98 Å². The van der Waals surface area contributed by atoms with Crippen molar-refractivity contribution in [3.63, 3.8) is 0 Å². The number of rotatable bonds is 6. The molecule has 4 heteroatoms. The van der Waals surface area contributed by atoms with Crippen LogP contribution in [0.25, 0.3) is 0 Å². The van der Waals surface area contributed by atoms with Gasteiger partial charge in [-0.2, -0.15) is 0 Å². The minimum atomic E-state index is 0.637. The van der Waals surface area contributed by atoms with Crippen LogP contribution < -0.4 is 5.32 Å². The number of para-hydroxylation sites is 1. The van der Waals surface area contributed by atoms with Crippen molar-refractivity contribution in [2.45, 2.75) is 20.1 Å². The van der Waals surface area contributed by atoms with E-state index in [0.29, 0.717) is 13.2 Å². The number of aromatic nitrogens is 2. The molecule has 0 radical (unpaired) electrons. The maximum absolute atomic E-state index is 5.43. The van der Waals surface area contributed by atoms with Gasteiger partial charge in [-0.1, -0.05) is 18.2 Å². The van der Waals surface area contributed by atoms with E-state index < -0.39 is 0 Å². The Labute approximate surface area is 101 Å². The molecule has 0 fully saturated rings. The normalized spacial score (nSPS) is 10.4. The molecule has 0 atom stereocenters. The van der Waals surface area contributed by atoms with Crippen LogP contribution in [-0.2, 0) is 17.9 Å². The molecule has 0 aliphatic rings. The lowest BCUT2D eigenvalue weighted by atomic mass is 10.2. The Kier molecular flexibility index (Phi) is 4.16. The van der Waals surface area contributed by atoms with Gasteiger partial charge in [0.1, 0.15) is 5.82 Å². The SMILES string of the molecule is CCOCc1ccccc1NCc1ncc[nH]1. The van der Waals surface area contributed by atoms with Gasteiger partial charge in [-0.3, -0.25) is 0 Å². The Hall–Kier alpha value is -1.81. The van der Waals surface area contributed by atoms with E-state index in [1.165, 1.54) is 5.56 Å². The van der Waals surface area contributed by atoms with Crippen LogP contribution in [0.4, 0.5) is 5.69 Å². The van der Waals surface area contributed by atoms with Crippen molar-refractivity contribution in [3.05, 3.63) is 48.0 Å². The lowest BCUT2D eigenvalue weighted by Crippen LogP contribution is -2.04. The van der Waals surface area contributed by atoms with E-state index in [0.717, 1.165) is 18.1 Å². The molecule has 17 heavy (non-hydrogen) atoms. The molecule has 0 amide bonds.